The minimum Gasteiger partial charge on any atom is -0.365 e. The summed E-state index contributed by atoms with van der Waals surface area (Å²) in [4.78, 5) is 19.2. The molecule has 1 aromatic carbocycles. The fourth-order valence-corrected chi connectivity index (χ4v) is 4.54. The number of nitrogens with two attached hydrogens (primary N) is 1. The molecule has 0 spiro atoms. The lowest BCUT2D eigenvalue weighted by molar-refractivity contribution is -0.137. The Hall–Kier alpha value is -3.00. The summed E-state index contributed by atoms with van der Waals surface area (Å²) in [6.45, 7) is 2.06. The average molecular weight is 490 g/mol. The highest BCUT2D eigenvalue weighted by molar-refractivity contribution is 7.89. The molecule has 3 rings (SSSR count). The number of anilines is 3. The van der Waals surface area contributed by atoms with Crippen molar-refractivity contribution >= 4 is 33.4 Å². The third-order valence-corrected chi connectivity index (χ3v) is 7.03. The van der Waals surface area contributed by atoms with Gasteiger partial charge in [-0.3, -0.25) is 4.79 Å². The van der Waals surface area contributed by atoms with E-state index in [2.05, 4.69) is 20.6 Å². The number of sulfonamides is 1. The Morgan fingerprint density at radius 1 is 1.27 bits per heavy atom. The summed E-state index contributed by atoms with van der Waals surface area (Å²) >= 11 is 0. The van der Waals surface area contributed by atoms with Crippen LogP contribution in [0.25, 0.3) is 0 Å². The number of benzene rings is 1. The molecule has 180 valence electrons. The lowest BCUT2D eigenvalue weighted by Crippen LogP contribution is -2.43. The fraction of sp³-hybridized carbons (Fsp3) is 0.421. The molecular formula is C19H22F4N6O3S. The Kier molecular flexibility index (Phi) is 7.07. The van der Waals surface area contributed by atoms with E-state index < -0.39 is 44.9 Å². The Morgan fingerprint density at radius 2 is 1.94 bits per heavy atom. The second-order valence-electron chi connectivity index (χ2n) is 7.32. The molecule has 1 aromatic heterocycles. The number of amides is 1. The molecule has 1 amide bonds. The molecule has 2 aromatic rings. The minimum atomic E-state index is -4.83. The molecule has 0 unspecified atom stereocenters. The predicted molar refractivity (Wildman–Crippen MR) is 113 cm³/mol. The van der Waals surface area contributed by atoms with E-state index in [1.54, 1.807) is 6.92 Å². The standard InChI is InChI=1S/C19H22F4N6O3S/c1-2-33(31,32)29-8-6-11(7-9-29)26-18-25-10-12(19(21,22)23)17(28-18)27-14-5-3-4-13(20)15(14)16(24)30/h3-5,10-11H,2,6-9H2,1H3,(H2,24,30)(H2,25,26,27,28). The second kappa shape index (κ2) is 9.47. The van der Waals surface area contributed by atoms with Crippen LogP contribution in [-0.4, -0.2) is 53.5 Å². The molecule has 0 aliphatic carbocycles. The van der Waals surface area contributed by atoms with Crippen molar-refractivity contribution in [1.82, 2.24) is 14.3 Å². The number of rotatable bonds is 7. The molecule has 0 bridgehead atoms. The van der Waals surface area contributed by atoms with Gasteiger partial charge in [-0.1, -0.05) is 6.07 Å². The van der Waals surface area contributed by atoms with E-state index in [9.17, 15) is 30.8 Å². The highest BCUT2D eigenvalue weighted by Crippen LogP contribution is 2.36. The van der Waals surface area contributed by atoms with Gasteiger partial charge in [-0.2, -0.15) is 18.2 Å². The van der Waals surface area contributed by atoms with Crippen LogP contribution in [0.5, 0.6) is 0 Å². The van der Waals surface area contributed by atoms with Gasteiger partial charge < -0.3 is 16.4 Å². The zero-order valence-corrected chi connectivity index (χ0v) is 18.3. The smallest absolute Gasteiger partial charge is 0.365 e. The van der Waals surface area contributed by atoms with Crippen LogP contribution in [-0.2, 0) is 16.2 Å². The largest absolute Gasteiger partial charge is 0.421 e. The predicted octanol–water partition coefficient (Wildman–Crippen LogP) is 2.70. The van der Waals surface area contributed by atoms with Crippen LogP contribution in [0.3, 0.4) is 0 Å². The number of carbonyl (C=O) groups is 1. The maximum Gasteiger partial charge on any atom is 0.421 e. The number of alkyl halides is 3. The highest BCUT2D eigenvalue weighted by Gasteiger charge is 2.36. The highest BCUT2D eigenvalue weighted by atomic mass is 32.2. The summed E-state index contributed by atoms with van der Waals surface area (Å²) in [7, 11) is -3.32. The summed E-state index contributed by atoms with van der Waals surface area (Å²) in [5.74, 6) is -3.01. The molecule has 1 saturated heterocycles. The molecule has 9 nitrogen and oxygen atoms in total. The lowest BCUT2D eigenvalue weighted by Gasteiger charge is -2.31. The summed E-state index contributed by atoms with van der Waals surface area (Å²) in [6, 6.07) is 3.08. The number of piperidine rings is 1. The number of aromatic nitrogens is 2. The molecular weight excluding hydrogens is 468 g/mol. The Bertz CT molecular complexity index is 1130. The van der Waals surface area contributed by atoms with Gasteiger partial charge in [-0.25, -0.2) is 22.1 Å². The maximum atomic E-state index is 14.0. The van der Waals surface area contributed by atoms with Crippen molar-refractivity contribution in [3.05, 3.63) is 41.3 Å². The Balaban J connectivity index is 1.85. The lowest BCUT2D eigenvalue weighted by atomic mass is 10.1. The number of hydrogen-bond acceptors (Lipinski definition) is 7. The van der Waals surface area contributed by atoms with Crippen molar-refractivity contribution in [2.45, 2.75) is 32.0 Å². The van der Waals surface area contributed by atoms with E-state index in [1.807, 2.05) is 0 Å². The van der Waals surface area contributed by atoms with Gasteiger partial charge in [0.25, 0.3) is 5.91 Å². The molecule has 4 N–H and O–H groups in total. The molecule has 14 heteroatoms. The van der Waals surface area contributed by atoms with Crippen molar-refractivity contribution in [2.75, 3.05) is 29.5 Å². The fourth-order valence-electron chi connectivity index (χ4n) is 3.40. The van der Waals surface area contributed by atoms with Crippen molar-refractivity contribution in [2.24, 2.45) is 5.73 Å². The van der Waals surface area contributed by atoms with Gasteiger partial charge in [-0.05, 0) is 31.9 Å². The quantitative estimate of drug-likeness (QED) is 0.509. The molecule has 0 atom stereocenters. The number of halogens is 4. The zero-order chi connectivity index (χ0) is 24.4. The first-order valence-electron chi connectivity index (χ1n) is 9.96. The van der Waals surface area contributed by atoms with E-state index >= 15 is 0 Å². The Morgan fingerprint density at radius 3 is 2.52 bits per heavy atom. The van der Waals surface area contributed by atoms with Crippen LogP contribution in [0.15, 0.2) is 24.4 Å². The zero-order valence-electron chi connectivity index (χ0n) is 17.5. The van der Waals surface area contributed by atoms with Gasteiger partial charge in [0.2, 0.25) is 16.0 Å². The first-order chi connectivity index (χ1) is 15.4. The topological polar surface area (TPSA) is 130 Å². The van der Waals surface area contributed by atoms with E-state index in [-0.39, 0.29) is 36.5 Å². The van der Waals surface area contributed by atoms with Crippen molar-refractivity contribution in [3.8, 4) is 0 Å². The molecule has 2 heterocycles. The van der Waals surface area contributed by atoms with E-state index in [0.717, 1.165) is 6.07 Å². The molecule has 33 heavy (non-hydrogen) atoms. The summed E-state index contributed by atoms with van der Waals surface area (Å²) in [5, 5.41) is 5.25. The first-order valence-corrected chi connectivity index (χ1v) is 11.6. The van der Waals surface area contributed by atoms with Gasteiger partial charge in [0.1, 0.15) is 17.2 Å². The van der Waals surface area contributed by atoms with E-state index in [1.165, 1.54) is 16.4 Å². The van der Waals surface area contributed by atoms with Gasteiger partial charge >= 0.3 is 6.18 Å². The summed E-state index contributed by atoms with van der Waals surface area (Å²) < 4.78 is 79.8. The number of nitrogens with zero attached hydrogens (tertiary/aromatic N) is 3. The monoisotopic (exact) mass is 490 g/mol. The van der Waals surface area contributed by atoms with Gasteiger partial charge in [0, 0.05) is 25.3 Å². The number of carbonyl (C=O) groups excluding carboxylic acids is 1. The average Bonchev–Trinajstić information content (AvgIpc) is 2.73. The van der Waals surface area contributed by atoms with Crippen LogP contribution in [0, 0.1) is 5.82 Å². The molecule has 1 fully saturated rings. The molecule has 0 saturated carbocycles. The van der Waals surface area contributed by atoms with Crippen molar-refractivity contribution in [3.63, 3.8) is 0 Å². The molecule has 0 radical (unpaired) electrons. The maximum absolute atomic E-state index is 14.0. The number of hydrogen-bond donors (Lipinski definition) is 3. The van der Waals surface area contributed by atoms with Crippen molar-refractivity contribution in [1.29, 1.82) is 0 Å². The second-order valence-corrected chi connectivity index (χ2v) is 9.58. The van der Waals surface area contributed by atoms with Crippen LogP contribution in [0.2, 0.25) is 0 Å². The normalized spacial score (nSPS) is 15.9. The first kappa shape index (κ1) is 24.6. The van der Waals surface area contributed by atoms with E-state index in [4.69, 9.17) is 5.73 Å². The van der Waals surface area contributed by atoms with Crippen LogP contribution >= 0.6 is 0 Å². The third-order valence-electron chi connectivity index (χ3n) is 5.15. The van der Waals surface area contributed by atoms with Crippen LogP contribution < -0.4 is 16.4 Å². The third kappa shape index (κ3) is 5.68. The Labute approximate surface area is 187 Å². The summed E-state index contributed by atoms with van der Waals surface area (Å²) in [6.07, 6.45) is -3.46. The molecule has 1 aliphatic rings. The number of primary amides is 1. The van der Waals surface area contributed by atoms with Crippen LogP contribution in [0.1, 0.15) is 35.7 Å². The minimum absolute atomic E-state index is 0.0183. The van der Waals surface area contributed by atoms with Crippen molar-refractivity contribution < 1.29 is 30.8 Å². The van der Waals surface area contributed by atoms with Crippen LogP contribution in [0.4, 0.5) is 35.0 Å². The van der Waals surface area contributed by atoms with Gasteiger partial charge in [0.15, 0.2) is 0 Å². The number of nitrogens with one attached hydrogen (secondary N) is 2. The van der Waals surface area contributed by atoms with Gasteiger partial charge in [0.05, 0.1) is 17.0 Å². The van der Waals surface area contributed by atoms with Gasteiger partial charge in [-0.15, -0.1) is 0 Å². The summed E-state index contributed by atoms with van der Waals surface area (Å²) in [5.41, 5.74) is 3.05. The van der Waals surface area contributed by atoms with E-state index in [0.29, 0.717) is 19.0 Å². The molecule has 1 aliphatic heterocycles. The SMILES string of the molecule is CCS(=O)(=O)N1CCC(Nc2ncc(C(F)(F)F)c(Nc3cccc(F)c3C(N)=O)n2)CC1.